The van der Waals surface area contributed by atoms with Crippen LogP contribution in [0.3, 0.4) is 0 Å². The van der Waals surface area contributed by atoms with E-state index < -0.39 is 20.9 Å². The molecule has 0 saturated heterocycles. The van der Waals surface area contributed by atoms with E-state index in [-0.39, 0.29) is 16.5 Å². The zero-order valence-electron chi connectivity index (χ0n) is 12.7. The molecule has 1 heterocycles. The predicted octanol–water partition coefficient (Wildman–Crippen LogP) is 2.87. The summed E-state index contributed by atoms with van der Waals surface area (Å²) in [5.41, 5.74) is 1.45. The Hall–Kier alpha value is -1.99. The van der Waals surface area contributed by atoms with Crippen LogP contribution in [-0.4, -0.2) is 30.0 Å². The number of nitrogens with zero attached hydrogens (tertiary/aromatic N) is 2. The van der Waals surface area contributed by atoms with Crippen LogP contribution in [-0.2, 0) is 9.84 Å². The van der Waals surface area contributed by atoms with Crippen LogP contribution < -0.4 is 5.32 Å². The van der Waals surface area contributed by atoms with Gasteiger partial charge in [0, 0.05) is 5.69 Å². The Labute approximate surface area is 139 Å². The summed E-state index contributed by atoms with van der Waals surface area (Å²) in [7, 11) is -3.62. The summed E-state index contributed by atoms with van der Waals surface area (Å²) in [5, 5.41) is 2.23. The number of hydrogen-bond donors (Lipinski definition) is 1. The van der Waals surface area contributed by atoms with Gasteiger partial charge in [-0.05, 0) is 25.5 Å². The van der Waals surface area contributed by atoms with Crippen LogP contribution in [0.25, 0.3) is 0 Å². The predicted molar refractivity (Wildman–Crippen MR) is 88.5 cm³/mol. The van der Waals surface area contributed by atoms with E-state index >= 15 is 0 Å². The van der Waals surface area contributed by atoms with Gasteiger partial charge in [-0.3, -0.25) is 4.79 Å². The maximum atomic E-state index is 12.3. The normalized spacial score (nSPS) is 11.3. The zero-order valence-corrected chi connectivity index (χ0v) is 14.3. The second-order valence-corrected chi connectivity index (χ2v) is 7.40. The number of anilines is 1. The Morgan fingerprint density at radius 1 is 1.26 bits per heavy atom. The topological polar surface area (TPSA) is 89.0 Å². The Morgan fingerprint density at radius 3 is 2.52 bits per heavy atom. The second kappa shape index (κ2) is 7.06. The minimum atomic E-state index is -3.62. The van der Waals surface area contributed by atoms with E-state index in [4.69, 9.17) is 11.6 Å². The van der Waals surface area contributed by atoms with Gasteiger partial charge in [-0.25, -0.2) is 18.4 Å². The van der Waals surface area contributed by atoms with Gasteiger partial charge in [0.05, 0.1) is 17.0 Å². The number of benzene rings is 1. The van der Waals surface area contributed by atoms with Crippen molar-refractivity contribution in [1.82, 2.24) is 9.97 Å². The number of hydrogen-bond acceptors (Lipinski definition) is 5. The number of nitrogens with one attached hydrogen (secondary N) is 1. The Bertz CT molecular complexity index is 820. The van der Waals surface area contributed by atoms with E-state index in [1.165, 1.54) is 0 Å². The minimum absolute atomic E-state index is 0.00920. The van der Waals surface area contributed by atoms with Crippen LogP contribution in [0.4, 0.5) is 5.69 Å². The van der Waals surface area contributed by atoms with Crippen molar-refractivity contribution in [3.63, 3.8) is 0 Å². The van der Waals surface area contributed by atoms with Crippen molar-refractivity contribution in [3.05, 3.63) is 46.7 Å². The first-order valence-corrected chi connectivity index (χ1v) is 9.00. The zero-order chi connectivity index (χ0) is 17.0. The molecule has 0 radical (unpaired) electrons. The molecule has 1 aromatic carbocycles. The molecule has 2 aromatic rings. The minimum Gasteiger partial charge on any atom is -0.321 e. The molecule has 122 valence electrons. The third-order valence-corrected chi connectivity index (χ3v) is 4.97. The standard InChI is InChI=1S/C15H16ClN3O3S/c1-3-8-23(21,22)15-17-9-12(16)13(19-15)14(20)18-11-6-4-10(2)5-7-11/h4-7,9H,3,8H2,1-2H3,(H,18,20). The summed E-state index contributed by atoms with van der Waals surface area (Å²) in [5.74, 6) is -0.678. The van der Waals surface area contributed by atoms with Crippen molar-refractivity contribution < 1.29 is 13.2 Å². The van der Waals surface area contributed by atoms with Gasteiger partial charge in [0.25, 0.3) is 5.91 Å². The maximum Gasteiger partial charge on any atom is 0.275 e. The lowest BCUT2D eigenvalue weighted by Gasteiger charge is -2.08. The van der Waals surface area contributed by atoms with Gasteiger partial charge in [0.1, 0.15) is 0 Å². The molecule has 0 spiro atoms. The lowest BCUT2D eigenvalue weighted by atomic mass is 10.2. The molecule has 1 amide bonds. The van der Waals surface area contributed by atoms with Crippen LogP contribution in [0.1, 0.15) is 29.4 Å². The second-order valence-electron chi connectivity index (χ2n) is 4.99. The Balaban J connectivity index is 2.31. The molecule has 0 bridgehead atoms. The molecule has 2 rings (SSSR count). The smallest absolute Gasteiger partial charge is 0.275 e. The quantitative estimate of drug-likeness (QED) is 0.835. The molecule has 0 atom stereocenters. The highest BCUT2D eigenvalue weighted by atomic mass is 35.5. The molecule has 6 nitrogen and oxygen atoms in total. The summed E-state index contributed by atoms with van der Waals surface area (Å²) in [4.78, 5) is 19.8. The number of rotatable bonds is 5. The average molecular weight is 354 g/mol. The van der Waals surface area contributed by atoms with Crippen molar-refractivity contribution in [2.24, 2.45) is 0 Å². The number of aryl methyl sites for hydroxylation is 1. The van der Waals surface area contributed by atoms with Gasteiger partial charge < -0.3 is 5.32 Å². The van der Waals surface area contributed by atoms with Crippen LogP contribution in [0.15, 0.2) is 35.6 Å². The van der Waals surface area contributed by atoms with Crippen molar-refractivity contribution in [2.45, 2.75) is 25.4 Å². The number of sulfone groups is 1. The molecule has 8 heteroatoms. The molecule has 0 aliphatic rings. The van der Waals surface area contributed by atoms with E-state index in [0.717, 1.165) is 11.8 Å². The first-order chi connectivity index (χ1) is 10.8. The highest BCUT2D eigenvalue weighted by molar-refractivity contribution is 7.91. The Morgan fingerprint density at radius 2 is 1.91 bits per heavy atom. The van der Waals surface area contributed by atoms with Gasteiger partial charge >= 0.3 is 0 Å². The van der Waals surface area contributed by atoms with Gasteiger partial charge in [-0.2, -0.15) is 0 Å². The third kappa shape index (κ3) is 4.27. The van der Waals surface area contributed by atoms with Crippen LogP contribution in [0.5, 0.6) is 0 Å². The average Bonchev–Trinajstić information content (AvgIpc) is 2.49. The number of halogens is 1. The molecular formula is C15H16ClN3O3S. The van der Waals surface area contributed by atoms with E-state index in [1.807, 2.05) is 19.1 Å². The highest BCUT2D eigenvalue weighted by Crippen LogP contribution is 2.18. The number of carbonyl (C=O) groups is 1. The SMILES string of the molecule is CCCS(=O)(=O)c1ncc(Cl)c(C(=O)Nc2ccc(C)cc2)n1. The molecule has 0 saturated carbocycles. The van der Waals surface area contributed by atoms with E-state index in [2.05, 4.69) is 15.3 Å². The molecule has 0 aliphatic carbocycles. The van der Waals surface area contributed by atoms with E-state index in [9.17, 15) is 13.2 Å². The van der Waals surface area contributed by atoms with Crippen LogP contribution in [0, 0.1) is 6.92 Å². The maximum absolute atomic E-state index is 12.3. The number of amides is 1. The van der Waals surface area contributed by atoms with Crippen molar-refractivity contribution in [3.8, 4) is 0 Å². The third-order valence-electron chi connectivity index (χ3n) is 3.00. The molecule has 0 fully saturated rings. The summed E-state index contributed by atoms with van der Waals surface area (Å²) < 4.78 is 24.0. The van der Waals surface area contributed by atoms with Gasteiger partial charge in [-0.15, -0.1) is 0 Å². The Kier molecular flexibility index (Phi) is 5.33. The van der Waals surface area contributed by atoms with Crippen molar-refractivity contribution in [2.75, 3.05) is 11.1 Å². The molecule has 1 aromatic heterocycles. The fourth-order valence-corrected chi connectivity index (χ4v) is 3.19. The van der Waals surface area contributed by atoms with Crippen molar-refractivity contribution >= 4 is 33.0 Å². The number of carbonyl (C=O) groups excluding carboxylic acids is 1. The van der Waals surface area contributed by atoms with E-state index in [0.29, 0.717) is 12.1 Å². The summed E-state index contributed by atoms with van der Waals surface area (Å²) in [6.45, 7) is 3.66. The molecule has 0 aliphatic heterocycles. The van der Waals surface area contributed by atoms with Gasteiger partial charge in [-0.1, -0.05) is 36.2 Å². The molecule has 1 N–H and O–H groups in total. The monoisotopic (exact) mass is 353 g/mol. The van der Waals surface area contributed by atoms with Gasteiger partial charge in [0.2, 0.25) is 15.0 Å². The fraction of sp³-hybridized carbons (Fsp3) is 0.267. The first kappa shape index (κ1) is 17.4. The van der Waals surface area contributed by atoms with Crippen LogP contribution >= 0.6 is 11.6 Å². The molecule has 23 heavy (non-hydrogen) atoms. The summed E-state index contributed by atoms with van der Waals surface area (Å²) in [6.07, 6.45) is 1.56. The lowest BCUT2D eigenvalue weighted by Crippen LogP contribution is -2.18. The lowest BCUT2D eigenvalue weighted by molar-refractivity contribution is 0.102. The highest BCUT2D eigenvalue weighted by Gasteiger charge is 2.21. The largest absolute Gasteiger partial charge is 0.321 e. The summed E-state index contributed by atoms with van der Waals surface area (Å²) in [6, 6.07) is 7.15. The summed E-state index contributed by atoms with van der Waals surface area (Å²) >= 11 is 5.93. The fourth-order valence-electron chi connectivity index (χ4n) is 1.85. The number of aromatic nitrogens is 2. The van der Waals surface area contributed by atoms with Crippen LogP contribution in [0.2, 0.25) is 5.02 Å². The van der Waals surface area contributed by atoms with Gasteiger partial charge in [0.15, 0.2) is 5.69 Å². The first-order valence-electron chi connectivity index (χ1n) is 6.97. The molecular weight excluding hydrogens is 338 g/mol. The van der Waals surface area contributed by atoms with Crippen molar-refractivity contribution in [1.29, 1.82) is 0 Å². The van der Waals surface area contributed by atoms with E-state index in [1.54, 1.807) is 19.1 Å². The molecule has 0 unspecified atom stereocenters.